The summed E-state index contributed by atoms with van der Waals surface area (Å²) in [5.41, 5.74) is 19.8. The van der Waals surface area contributed by atoms with E-state index in [9.17, 15) is 24.0 Å². The normalized spacial score (nSPS) is 18.0. The van der Waals surface area contributed by atoms with Crippen molar-refractivity contribution in [2.75, 3.05) is 106 Å². The van der Waals surface area contributed by atoms with E-state index < -0.39 is 11.8 Å². The summed E-state index contributed by atoms with van der Waals surface area (Å²) < 4.78 is 15.8. The van der Waals surface area contributed by atoms with E-state index in [1.54, 1.807) is 89.7 Å². The zero-order chi connectivity index (χ0) is 50.6. The molecule has 0 spiro atoms. The molecule has 0 bridgehead atoms. The lowest BCUT2D eigenvalue weighted by Gasteiger charge is -2.33. The van der Waals surface area contributed by atoms with E-state index in [1.165, 1.54) is 0 Å². The molecule has 24 nitrogen and oxygen atoms in total. The summed E-state index contributed by atoms with van der Waals surface area (Å²) in [6.45, 7) is 6.93. The van der Waals surface area contributed by atoms with E-state index in [0.29, 0.717) is 118 Å². The highest BCUT2D eigenvalue weighted by Gasteiger charge is 2.27. The molecule has 4 fully saturated rings. The first-order valence-corrected chi connectivity index (χ1v) is 23.7. The number of piperidine rings is 2. The number of rotatable bonds is 13. The van der Waals surface area contributed by atoms with Crippen LogP contribution in [0.5, 0.6) is 5.75 Å². The van der Waals surface area contributed by atoms with Gasteiger partial charge in [-0.05, 0) is 98.5 Å². The minimum atomic E-state index is -0.776. The van der Waals surface area contributed by atoms with Gasteiger partial charge in [-0.2, -0.15) is 9.97 Å². The Balaban J connectivity index is 0.000000200. The number of nitrogens with zero attached hydrogens (tertiary/aromatic N) is 10. The number of ether oxygens (including phenoxy) is 3. The fourth-order valence-electron chi connectivity index (χ4n) is 8.45. The van der Waals surface area contributed by atoms with Gasteiger partial charge in [0.05, 0.1) is 33.5 Å². The molecular weight excluding hydrogens is 929 g/mol. The van der Waals surface area contributed by atoms with Gasteiger partial charge in [0, 0.05) is 92.5 Å². The van der Waals surface area contributed by atoms with Crippen LogP contribution >= 0.6 is 0 Å². The maximum atomic E-state index is 12.8. The lowest BCUT2D eigenvalue weighted by molar-refractivity contribution is 0.0301. The molecule has 24 heteroatoms. The van der Waals surface area contributed by atoms with Crippen LogP contribution in [-0.2, 0) is 9.47 Å². The van der Waals surface area contributed by atoms with Crippen LogP contribution in [0.25, 0.3) is 0 Å². The third kappa shape index (κ3) is 12.8. The Hall–Kier alpha value is -8.09. The molecule has 4 aliphatic heterocycles. The fraction of sp³-hybridized carbons (Fsp3) is 0.396. The minimum absolute atomic E-state index is 0.0416. The molecule has 378 valence electrons. The molecule has 0 saturated carbocycles. The second-order valence-corrected chi connectivity index (χ2v) is 17.4. The number of nitrogens with one attached hydrogen (secondary N) is 3. The molecule has 6 heterocycles. The molecule has 4 saturated heterocycles. The van der Waals surface area contributed by atoms with Gasteiger partial charge in [0.15, 0.2) is 23.0 Å². The molecule has 3 aromatic carbocycles. The topological polar surface area (TPSA) is 317 Å². The van der Waals surface area contributed by atoms with Crippen LogP contribution in [0.1, 0.15) is 77.7 Å². The van der Waals surface area contributed by atoms with Crippen LogP contribution in [0.3, 0.4) is 0 Å². The minimum Gasteiger partial charge on any atom is -0.497 e. The Labute approximate surface area is 415 Å². The summed E-state index contributed by atoms with van der Waals surface area (Å²) in [4.78, 5) is 78.4. The molecule has 72 heavy (non-hydrogen) atoms. The SMILES string of the molecule is COc1ccc(C(=O)N[C@@H]2CCCN(c3nnc(C(N)=O)c(Nc4ccc(C(=O)N5CCOCC5)cc4)n3)C2)cc1.NC(=O)c1nnc(N2CCC[C@@H](N)C2)nc1Nc1ccc(C(=O)N2CCOCC2)cc1. The monoisotopic (exact) mass is 986 g/mol. The quantitative estimate of drug-likeness (QED) is 0.0978. The Kier molecular flexibility index (Phi) is 16.5. The smallest absolute Gasteiger partial charge is 0.273 e. The first-order valence-electron chi connectivity index (χ1n) is 23.7. The summed E-state index contributed by atoms with van der Waals surface area (Å²) in [6.07, 6.45) is 3.48. The van der Waals surface area contributed by atoms with E-state index in [1.807, 2.05) is 9.80 Å². The average molecular weight is 987 g/mol. The summed E-state index contributed by atoms with van der Waals surface area (Å²) in [6, 6.07) is 20.6. The second-order valence-electron chi connectivity index (χ2n) is 17.4. The van der Waals surface area contributed by atoms with Crippen LogP contribution in [0.4, 0.5) is 34.9 Å². The molecule has 0 aliphatic carbocycles. The standard InChI is InChI=1S/C28H32N8O5.C20H26N8O3/c1-40-22-10-6-18(7-11-22)26(38)31-21-3-2-12-36(17-21)28-32-25(23(24(29)37)33-34-28)30-20-8-4-19(5-9-20)27(39)35-13-15-41-16-14-35;21-14-2-1-7-28(12-14)20-24-18(16(17(22)29)25-26-20)23-15-5-3-13(4-6-15)19(30)27-8-10-31-11-9-27/h4-11,21H,2-3,12-17H2,1H3,(H2,29,37)(H,31,38)(H,30,32,34);3-6,14H,1-2,7-12,21H2,(H2,22,29)(H,23,24,26)/t21-;14-/m11/s1. The molecule has 9 N–H and O–H groups in total. The predicted molar refractivity (Wildman–Crippen MR) is 265 cm³/mol. The predicted octanol–water partition coefficient (Wildman–Crippen LogP) is 1.71. The van der Waals surface area contributed by atoms with E-state index in [0.717, 1.165) is 32.2 Å². The van der Waals surface area contributed by atoms with E-state index >= 15 is 0 Å². The lowest BCUT2D eigenvalue weighted by Crippen LogP contribution is -2.48. The Morgan fingerprint density at radius 2 is 1.03 bits per heavy atom. The number of aromatic nitrogens is 6. The molecule has 9 rings (SSSR count). The number of benzene rings is 3. The molecule has 0 radical (unpaired) electrons. The van der Waals surface area contributed by atoms with Crippen molar-refractivity contribution < 1.29 is 38.2 Å². The largest absolute Gasteiger partial charge is 0.497 e. The molecular formula is C48H58N16O8. The molecule has 0 unspecified atom stereocenters. The van der Waals surface area contributed by atoms with Gasteiger partial charge in [-0.3, -0.25) is 24.0 Å². The maximum Gasteiger partial charge on any atom is 0.273 e. The molecule has 5 aromatic rings. The van der Waals surface area contributed by atoms with Crippen molar-refractivity contribution in [3.8, 4) is 5.75 Å². The van der Waals surface area contributed by atoms with E-state index in [4.69, 9.17) is 31.4 Å². The third-order valence-corrected chi connectivity index (χ3v) is 12.3. The number of primary amides is 2. The Morgan fingerprint density at radius 3 is 1.47 bits per heavy atom. The Morgan fingerprint density at radius 1 is 0.583 bits per heavy atom. The second kappa shape index (κ2) is 23.7. The number of amides is 5. The maximum absolute atomic E-state index is 12.8. The van der Waals surface area contributed by atoms with Gasteiger partial charge in [-0.25, -0.2) is 0 Å². The van der Waals surface area contributed by atoms with Crippen LogP contribution in [-0.4, -0.2) is 168 Å². The van der Waals surface area contributed by atoms with Gasteiger partial charge in [0.2, 0.25) is 11.9 Å². The highest BCUT2D eigenvalue weighted by molar-refractivity contribution is 5.98. The number of methoxy groups -OCH3 is 1. The lowest BCUT2D eigenvalue weighted by atomic mass is 10.1. The zero-order valence-electron chi connectivity index (χ0n) is 39.9. The Bertz CT molecular complexity index is 2700. The summed E-state index contributed by atoms with van der Waals surface area (Å²) in [5, 5.41) is 25.5. The van der Waals surface area contributed by atoms with Gasteiger partial charge in [-0.15, -0.1) is 20.4 Å². The van der Waals surface area contributed by atoms with Crippen molar-refractivity contribution in [1.29, 1.82) is 0 Å². The summed E-state index contributed by atoms with van der Waals surface area (Å²) >= 11 is 0. The van der Waals surface area contributed by atoms with E-state index in [-0.39, 0.29) is 52.8 Å². The van der Waals surface area contributed by atoms with Crippen LogP contribution < -0.4 is 47.7 Å². The fourth-order valence-corrected chi connectivity index (χ4v) is 8.45. The first kappa shape index (κ1) is 50.3. The molecule has 2 aromatic heterocycles. The van der Waals surface area contributed by atoms with Gasteiger partial charge >= 0.3 is 0 Å². The van der Waals surface area contributed by atoms with Crippen LogP contribution in [0, 0.1) is 0 Å². The van der Waals surface area contributed by atoms with Gasteiger partial charge in [0.25, 0.3) is 29.5 Å². The first-order chi connectivity index (χ1) is 34.9. The number of hydrogen-bond donors (Lipinski definition) is 6. The molecule has 2 atom stereocenters. The number of carbonyl (C=O) groups is 5. The highest BCUT2D eigenvalue weighted by atomic mass is 16.5. The van der Waals surface area contributed by atoms with Crippen molar-refractivity contribution in [2.24, 2.45) is 17.2 Å². The highest BCUT2D eigenvalue weighted by Crippen LogP contribution is 2.25. The average Bonchev–Trinajstić information content (AvgIpc) is 3.41. The van der Waals surface area contributed by atoms with Crippen LogP contribution in [0.15, 0.2) is 72.8 Å². The number of hydrogen-bond acceptors (Lipinski definition) is 19. The van der Waals surface area contributed by atoms with E-state index in [2.05, 4.69) is 46.3 Å². The van der Waals surface area contributed by atoms with Gasteiger partial charge < -0.3 is 67.0 Å². The van der Waals surface area contributed by atoms with Crippen molar-refractivity contribution in [2.45, 2.75) is 37.8 Å². The van der Waals surface area contributed by atoms with Crippen molar-refractivity contribution >= 4 is 64.4 Å². The molecule has 5 amide bonds. The summed E-state index contributed by atoms with van der Waals surface area (Å²) in [5.74, 6) is -0.0610. The molecule has 4 aliphatic rings. The third-order valence-electron chi connectivity index (χ3n) is 12.3. The number of nitrogens with two attached hydrogens (primary N) is 3. The number of anilines is 6. The van der Waals surface area contributed by atoms with Gasteiger partial charge in [0.1, 0.15) is 5.75 Å². The van der Waals surface area contributed by atoms with Crippen molar-refractivity contribution in [1.82, 2.24) is 45.5 Å². The summed E-state index contributed by atoms with van der Waals surface area (Å²) in [7, 11) is 1.57. The van der Waals surface area contributed by atoms with Crippen molar-refractivity contribution in [3.05, 3.63) is 101 Å². The van der Waals surface area contributed by atoms with Crippen LogP contribution in [0.2, 0.25) is 0 Å². The van der Waals surface area contributed by atoms with Crippen molar-refractivity contribution in [3.63, 3.8) is 0 Å². The zero-order valence-corrected chi connectivity index (χ0v) is 39.9. The van der Waals surface area contributed by atoms with Gasteiger partial charge in [-0.1, -0.05) is 0 Å². The number of carbonyl (C=O) groups excluding carboxylic acids is 5. The number of morpholine rings is 2.